The molecule has 2 aliphatic heterocycles. The Morgan fingerprint density at radius 1 is 1.22 bits per heavy atom. The second kappa shape index (κ2) is 9.12. The molecule has 7 nitrogen and oxygen atoms in total. The molecule has 3 heterocycles. The number of aryl methyl sites for hydroxylation is 1. The van der Waals surface area contributed by atoms with Crippen molar-refractivity contribution in [2.45, 2.75) is 45.2 Å². The Morgan fingerprint density at radius 2 is 2.03 bits per heavy atom. The second-order valence-electron chi connectivity index (χ2n) is 9.85. The van der Waals surface area contributed by atoms with Crippen LogP contribution in [0.5, 0.6) is 0 Å². The summed E-state index contributed by atoms with van der Waals surface area (Å²) in [5.74, 6) is 1.60. The number of likely N-dealkylation sites (tertiary alicyclic amines) is 1. The summed E-state index contributed by atoms with van der Waals surface area (Å²) in [7, 11) is 2.03. The molecule has 1 amide bonds. The fourth-order valence-electron chi connectivity index (χ4n) is 6.32. The molecule has 1 aromatic heterocycles. The lowest BCUT2D eigenvalue weighted by Gasteiger charge is -2.53. The number of para-hydroxylation sites is 2. The van der Waals surface area contributed by atoms with Crippen molar-refractivity contribution in [1.29, 1.82) is 0 Å². The number of aromatic nitrogens is 2. The predicted molar refractivity (Wildman–Crippen MR) is 125 cm³/mol. The molecule has 2 aromatic rings. The number of piperidine rings is 1. The van der Waals surface area contributed by atoms with Crippen LogP contribution in [0.4, 0.5) is 0 Å². The number of carbonyl (C=O) groups is 1. The van der Waals surface area contributed by atoms with E-state index in [1.807, 2.05) is 25.2 Å². The molecule has 3 fully saturated rings. The zero-order valence-corrected chi connectivity index (χ0v) is 19.6. The Bertz CT molecular complexity index is 953. The van der Waals surface area contributed by atoms with Gasteiger partial charge in [0, 0.05) is 32.7 Å². The number of nitrogens with zero attached hydrogens (tertiary/aromatic N) is 4. The summed E-state index contributed by atoms with van der Waals surface area (Å²) >= 11 is 0. The largest absolute Gasteiger partial charge is 0.379 e. The molecule has 1 N–H and O–H groups in total. The highest BCUT2D eigenvalue weighted by atomic mass is 16.5. The van der Waals surface area contributed by atoms with Gasteiger partial charge in [0.05, 0.1) is 36.2 Å². The fraction of sp³-hybridized carbons (Fsp3) is 0.680. The standard InChI is InChI=1S/C25H37N5O2/c1-3-29-11-9-19-16-20(30-12-14-32-15-13-30)8-10-25(19,18-29)24(31)26-17-23-27-21-6-4-5-7-22(21)28(23)2/h4-7,19-20H,3,8-18H2,1-2H3,(H,26,31)/t19-,20+,25-/m1/s1. The lowest BCUT2D eigenvalue weighted by atomic mass is 9.61. The van der Waals surface area contributed by atoms with Gasteiger partial charge in [0.1, 0.15) is 5.82 Å². The molecule has 174 valence electrons. The van der Waals surface area contributed by atoms with E-state index in [-0.39, 0.29) is 11.3 Å². The van der Waals surface area contributed by atoms with Crippen molar-refractivity contribution in [3.8, 4) is 0 Å². The summed E-state index contributed by atoms with van der Waals surface area (Å²) in [6.45, 7) is 9.45. The Balaban J connectivity index is 1.32. The van der Waals surface area contributed by atoms with Crippen LogP contribution in [0.15, 0.2) is 24.3 Å². The van der Waals surface area contributed by atoms with Crippen LogP contribution in [-0.2, 0) is 23.1 Å². The van der Waals surface area contributed by atoms with Gasteiger partial charge in [0.2, 0.25) is 5.91 Å². The van der Waals surface area contributed by atoms with E-state index in [1.165, 1.54) is 0 Å². The molecule has 3 aliphatic rings. The molecule has 0 spiro atoms. The highest BCUT2D eigenvalue weighted by molar-refractivity contribution is 5.84. The number of hydrogen-bond acceptors (Lipinski definition) is 5. The van der Waals surface area contributed by atoms with E-state index < -0.39 is 0 Å². The topological polar surface area (TPSA) is 62.6 Å². The maximum absolute atomic E-state index is 13.8. The highest BCUT2D eigenvalue weighted by Crippen LogP contribution is 2.48. The quantitative estimate of drug-likeness (QED) is 0.775. The minimum atomic E-state index is -0.276. The fourth-order valence-corrected chi connectivity index (χ4v) is 6.32. The van der Waals surface area contributed by atoms with Gasteiger partial charge in [0.25, 0.3) is 0 Å². The molecule has 32 heavy (non-hydrogen) atoms. The first-order chi connectivity index (χ1) is 15.6. The van der Waals surface area contributed by atoms with Gasteiger partial charge < -0.3 is 19.5 Å². The minimum absolute atomic E-state index is 0.230. The number of nitrogens with one attached hydrogen (secondary N) is 1. The number of benzene rings is 1. The average Bonchev–Trinajstić information content (AvgIpc) is 3.17. The molecule has 7 heteroatoms. The van der Waals surface area contributed by atoms with Crippen LogP contribution in [0.3, 0.4) is 0 Å². The van der Waals surface area contributed by atoms with Crippen molar-refractivity contribution in [2.75, 3.05) is 45.9 Å². The van der Waals surface area contributed by atoms with Crippen molar-refractivity contribution in [2.24, 2.45) is 18.4 Å². The lowest BCUT2D eigenvalue weighted by molar-refractivity contribution is -0.145. The first-order valence-corrected chi connectivity index (χ1v) is 12.3. The normalized spacial score (nSPS) is 29.7. The van der Waals surface area contributed by atoms with E-state index in [2.05, 4.69) is 32.7 Å². The summed E-state index contributed by atoms with van der Waals surface area (Å²) in [6, 6.07) is 8.75. The summed E-state index contributed by atoms with van der Waals surface area (Å²) in [5.41, 5.74) is 1.81. The van der Waals surface area contributed by atoms with Crippen LogP contribution in [0.2, 0.25) is 0 Å². The van der Waals surface area contributed by atoms with Gasteiger partial charge in [-0.25, -0.2) is 4.98 Å². The van der Waals surface area contributed by atoms with Crippen LogP contribution in [0.25, 0.3) is 11.0 Å². The SMILES string of the molecule is CCN1CC[C@@H]2C[C@@H](N3CCOCC3)CC[C@@]2(C(=O)NCc2nc3ccccc3n2C)C1. The molecule has 2 saturated heterocycles. The number of hydrogen-bond donors (Lipinski definition) is 1. The first-order valence-electron chi connectivity index (χ1n) is 12.3. The molecule has 5 rings (SSSR count). The highest BCUT2D eigenvalue weighted by Gasteiger charge is 2.52. The van der Waals surface area contributed by atoms with Crippen LogP contribution in [0.1, 0.15) is 38.4 Å². The monoisotopic (exact) mass is 439 g/mol. The Labute approximate surface area is 191 Å². The van der Waals surface area contributed by atoms with E-state index >= 15 is 0 Å². The maximum Gasteiger partial charge on any atom is 0.228 e. The van der Waals surface area contributed by atoms with Crippen molar-refractivity contribution in [3.05, 3.63) is 30.1 Å². The van der Waals surface area contributed by atoms with E-state index in [1.54, 1.807) is 0 Å². The van der Waals surface area contributed by atoms with Gasteiger partial charge in [-0.2, -0.15) is 0 Å². The zero-order chi connectivity index (χ0) is 22.1. The van der Waals surface area contributed by atoms with Crippen molar-refractivity contribution in [1.82, 2.24) is 24.7 Å². The van der Waals surface area contributed by atoms with E-state index in [0.29, 0.717) is 18.5 Å². The Morgan fingerprint density at radius 3 is 2.81 bits per heavy atom. The van der Waals surface area contributed by atoms with Gasteiger partial charge >= 0.3 is 0 Å². The van der Waals surface area contributed by atoms with Gasteiger partial charge in [-0.3, -0.25) is 9.69 Å². The Kier molecular flexibility index (Phi) is 6.23. The molecule has 1 aromatic carbocycles. The van der Waals surface area contributed by atoms with Crippen LogP contribution >= 0.6 is 0 Å². The van der Waals surface area contributed by atoms with E-state index in [0.717, 1.165) is 88.5 Å². The summed E-state index contributed by atoms with van der Waals surface area (Å²) in [4.78, 5) is 23.6. The number of amides is 1. The third-order valence-corrected chi connectivity index (χ3v) is 8.31. The van der Waals surface area contributed by atoms with Crippen molar-refractivity contribution < 1.29 is 9.53 Å². The molecular weight excluding hydrogens is 402 g/mol. The molecule has 0 bridgehead atoms. The van der Waals surface area contributed by atoms with Gasteiger partial charge in [-0.1, -0.05) is 19.1 Å². The third-order valence-electron chi connectivity index (χ3n) is 8.31. The van der Waals surface area contributed by atoms with E-state index in [4.69, 9.17) is 9.72 Å². The van der Waals surface area contributed by atoms with Crippen LogP contribution in [-0.4, -0.2) is 77.2 Å². The van der Waals surface area contributed by atoms with Crippen LogP contribution < -0.4 is 5.32 Å². The van der Waals surface area contributed by atoms with Gasteiger partial charge in [-0.05, 0) is 56.8 Å². The number of fused-ring (bicyclic) bond motifs is 2. The minimum Gasteiger partial charge on any atom is -0.379 e. The number of imidazole rings is 1. The molecule has 0 radical (unpaired) electrons. The Hall–Kier alpha value is -1.96. The molecule has 3 atom stereocenters. The van der Waals surface area contributed by atoms with Crippen LogP contribution in [0, 0.1) is 11.3 Å². The molecule has 1 aliphatic carbocycles. The van der Waals surface area contributed by atoms with Crippen molar-refractivity contribution in [3.63, 3.8) is 0 Å². The summed E-state index contributed by atoms with van der Waals surface area (Å²) < 4.78 is 7.67. The summed E-state index contributed by atoms with van der Waals surface area (Å²) in [5, 5.41) is 3.32. The number of carbonyl (C=O) groups excluding carboxylic acids is 1. The van der Waals surface area contributed by atoms with E-state index in [9.17, 15) is 4.79 Å². The lowest BCUT2D eigenvalue weighted by Crippen LogP contribution is -2.60. The first kappa shape index (κ1) is 21.9. The number of morpholine rings is 1. The van der Waals surface area contributed by atoms with Crippen molar-refractivity contribution >= 4 is 16.9 Å². The third kappa shape index (κ3) is 3.95. The smallest absolute Gasteiger partial charge is 0.228 e. The molecule has 0 unspecified atom stereocenters. The summed E-state index contributed by atoms with van der Waals surface area (Å²) in [6.07, 6.45) is 4.34. The number of ether oxygens (including phenoxy) is 1. The zero-order valence-electron chi connectivity index (χ0n) is 19.6. The molecular formula is C25H37N5O2. The van der Waals surface area contributed by atoms with Gasteiger partial charge in [0.15, 0.2) is 0 Å². The predicted octanol–water partition coefficient (Wildman–Crippen LogP) is 2.40. The average molecular weight is 440 g/mol. The number of rotatable bonds is 5. The van der Waals surface area contributed by atoms with Gasteiger partial charge in [-0.15, -0.1) is 0 Å². The molecule has 1 saturated carbocycles. The second-order valence-corrected chi connectivity index (χ2v) is 9.85. The maximum atomic E-state index is 13.8.